The van der Waals surface area contributed by atoms with Crippen molar-refractivity contribution in [2.75, 3.05) is 32.8 Å². The zero-order valence-electron chi connectivity index (χ0n) is 15.1. The number of ether oxygens (including phenoxy) is 2. The molecule has 138 valence electrons. The van der Waals surface area contributed by atoms with Crippen molar-refractivity contribution < 1.29 is 24.2 Å². The number of hydrogen-bond donors (Lipinski definition) is 2. The Bertz CT molecular complexity index is 466. The Labute approximate surface area is 143 Å². The van der Waals surface area contributed by atoms with Crippen molar-refractivity contribution in [1.29, 1.82) is 0 Å². The van der Waals surface area contributed by atoms with Crippen LogP contribution in [0.4, 0.5) is 4.79 Å². The molecule has 2 N–H and O–H groups in total. The van der Waals surface area contributed by atoms with Crippen LogP contribution in [0.5, 0.6) is 0 Å². The van der Waals surface area contributed by atoms with E-state index in [-0.39, 0.29) is 17.2 Å². The van der Waals surface area contributed by atoms with Crippen LogP contribution >= 0.6 is 0 Å². The summed E-state index contributed by atoms with van der Waals surface area (Å²) >= 11 is 0. The Kier molecular flexibility index (Phi) is 5.75. The van der Waals surface area contributed by atoms with E-state index in [1.165, 1.54) is 6.92 Å². The first kappa shape index (κ1) is 19.0. The van der Waals surface area contributed by atoms with E-state index in [1.54, 1.807) is 4.90 Å². The molecule has 0 radical (unpaired) electrons. The highest BCUT2D eigenvalue weighted by Crippen LogP contribution is 2.44. The van der Waals surface area contributed by atoms with E-state index in [0.29, 0.717) is 32.8 Å². The molecule has 0 saturated carbocycles. The van der Waals surface area contributed by atoms with Gasteiger partial charge in [0.2, 0.25) is 0 Å². The number of aliphatic hydroxyl groups excluding tert-OH is 1. The molecule has 1 spiro atoms. The molecular weight excluding hydrogens is 312 g/mol. The number of likely N-dealkylation sites (tertiary alicyclic amines) is 1. The molecule has 0 aromatic heterocycles. The smallest absolute Gasteiger partial charge is 0.407 e. The monoisotopic (exact) mass is 342 g/mol. The van der Waals surface area contributed by atoms with Gasteiger partial charge in [0, 0.05) is 38.8 Å². The number of carbonyl (C=O) groups excluding carboxylic acids is 2. The normalized spacial score (nSPS) is 24.7. The highest BCUT2D eigenvalue weighted by Gasteiger charge is 2.48. The molecular formula is C17H30N2O5. The van der Waals surface area contributed by atoms with Crippen LogP contribution in [0.25, 0.3) is 0 Å². The zero-order valence-corrected chi connectivity index (χ0v) is 15.1. The first-order chi connectivity index (χ1) is 11.1. The van der Waals surface area contributed by atoms with Crippen molar-refractivity contribution >= 4 is 12.0 Å². The zero-order chi connectivity index (χ0) is 18.0. The predicted octanol–water partition coefficient (Wildman–Crippen LogP) is 1.15. The molecule has 2 rings (SSSR count). The number of nitrogens with zero attached hydrogens (tertiary/aromatic N) is 1. The Hall–Kier alpha value is -1.34. The standard InChI is InChI=1S/C17H30N2O5/c1-12(20)14(21)19-10-13(9-18-15(22)24-16(2,3)4)17(11-19)5-7-23-8-6-17/h12-13,20H,5-11H2,1-4H3,(H,18,22)/t12-,13-/m0/s1. The molecule has 2 atom stereocenters. The number of amides is 2. The van der Waals surface area contributed by atoms with Crippen LogP contribution in [-0.2, 0) is 14.3 Å². The van der Waals surface area contributed by atoms with E-state index in [2.05, 4.69) is 5.32 Å². The van der Waals surface area contributed by atoms with Crippen LogP contribution < -0.4 is 5.32 Å². The number of alkyl carbamates (subject to hydrolysis) is 1. The Morgan fingerprint density at radius 1 is 1.38 bits per heavy atom. The number of carbonyl (C=O) groups is 2. The van der Waals surface area contributed by atoms with E-state index in [1.807, 2.05) is 20.8 Å². The summed E-state index contributed by atoms with van der Waals surface area (Å²) in [6.45, 7) is 9.91. The van der Waals surface area contributed by atoms with Gasteiger partial charge in [-0.2, -0.15) is 0 Å². The maximum atomic E-state index is 12.2. The minimum Gasteiger partial charge on any atom is -0.444 e. The van der Waals surface area contributed by atoms with Crippen molar-refractivity contribution in [2.24, 2.45) is 11.3 Å². The Balaban J connectivity index is 2.02. The van der Waals surface area contributed by atoms with Gasteiger partial charge in [0.15, 0.2) is 0 Å². The van der Waals surface area contributed by atoms with E-state index < -0.39 is 17.8 Å². The second-order valence-corrected chi connectivity index (χ2v) is 7.95. The van der Waals surface area contributed by atoms with Crippen molar-refractivity contribution in [2.45, 2.75) is 52.2 Å². The maximum absolute atomic E-state index is 12.2. The lowest BCUT2D eigenvalue weighted by Gasteiger charge is -2.38. The van der Waals surface area contributed by atoms with E-state index in [0.717, 1.165) is 12.8 Å². The SMILES string of the molecule is C[C@H](O)C(=O)N1C[C@H](CNC(=O)OC(C)(C)C)C2(CCOCC2)C1. The van der Waals surface area contributed by atoms with Crippen molar-refractivity contribution in [3.05, 3.63) is 0 Å². The molecule has 0 aromatic carbocycles. The molecule has 0 unspecified atom stereocenters. The Morgan fingerprint density at radius 3 is 2.54 bits per heavy atom. The fraction of sp³-hybridized carbons (Fsp3) is 0.882. The van der Waals surface area contributed by atoms with Crippen LogP contribution in [0.1, 0.15) is 40.5 Å². The second kappa shape index (κ2) is 7.27. The summed E-state index contributed by atoms with van der Waals surface area (Å²) < 4.78 is 10.8. The van der Waals surface area contributed by atoms with Gasteiger partial charge in [-0.15, -0.1) is 0 Å². The maximum Gasteiger partial charge on any atom is 0.407 e. The third kappa shape index (κ3) is 4.60. The molecule has 24 heavy (non-hydrogen) atoms. The number of nitrogens with one attached hydrogen (secondary N) is 1. The van der Waals surface area contributed by atoms with Crippen molar-refractivity contribution in [3.8, 4) is 0 Å². The fourth-order valence-corrected chi connectivity index (χ4v) is 3.61. The molecule has 0 aromatic rings. The lowest BCUT2D eigenvalue weighted by atomic mass is 9.72. The van der Waals surface area contributed by atoms with Gasteiger partial charge in [-0.05, 0) is 46.0 Å². The van der Waals surface area contributed by atoms with Gasteiger partial charge in [-0.1, -0.05) is 0 Å². The lowest BCUT2D eigenvalue weighted by Crippen LogP contribution is -2.43. The molecule has 2 amide bonds. The summed E-state index contributed by atoms with van der Waals surface area (Å²) in [5.41, 5.74) is -0.595. The minimum atomic E-state index is -1.00. The number of rotatable bonds is 3. The van der Waals surface area contributed by atoms with Crippen LogP contribution in [0.2, 0.25) is 0 Å². The summed E-state index contributed by atoms with van der Waals surface area (Å²) in [7, 11) is 0. The van der Waals surface area contributed by atoms with Crippen molar-refractivity contribution in [3.63, 3.8) is 0 Å². The molecule has 7 nitrogen and oxygen atoms in total. The molecule has 2 saturated heterocycles. The quantitative estimate of drug-likeness (QED) is 0.803. The van der Waals surface area contributed by atoms with E-state index in [4.69, 9.17) is 9.47 Å². The largest absolute Gasteiger partial charge is 0.444 e. The summed E-state index contributed by atoms with van der Waals surface area (Å²) in [6.07, 6.45) is 0.276. The molecule has 0 aliphatic carbocycles. The van der Waals surface area contributed by atoms with Gasteiger partial charge < -0.3 is 24.8 Å². The molecule has 7 heteroatoms. The third-order valence-corrected chi connectivity index (χ3v) is 4.86. The van der Waals surface area contributed by atoms with Gasteiger partial charge in [0.25, 0.3) is 5.91 Å². The second-order valence-electron chi connectivity index (χ2n) is 7.95. The van der Waals surface area contributed by atoms with Crippen LogP contribution in [-0.4, -0.2) is 66.6 Å². The third-order valence-electron chi connectivity index (χ3n) is 4.86. The molecule has 2 aliphatic heterocycles. The van der Waals surface area contributed by atoms with Gasteiger partial charge >= 0.3 is 6.09 Å². The summed E-state index contributed by atoms with van der Waals surface area (Å²) in [5, 5.41) is 12.4. The molecule has 2 aliphatic rings. The molecule has 2 fully saturated rings. The Morgan fingerprint density at radius 2 is 2.00 bits per heavy atom. The average Bonchev–Trinajstić information content (AvgIpc) is 2.81. The predicted molar refractivity (Wildman–Crippen MR) is 88.5 cm³/mol. The first-order valence-corrected chi connectivity index (χ1v) is 8.64. The number of aliphatic hydroxyl groups is 1. The summed E-state index contributed by atoms with van der Waals surface area (Å²) in [5.74, 6) is -0.114. The molecule has 2 heterocycles. The van der Waals surface area contributed by atoms with Gasteiger partial charge in [0.1, 0.15) is 11.7 Å². The van der Waals surface area contributed by atoms with E-state index in [9.17, 15) is 14.7 Å². The van der Waals surface area contributed by atoms with Gasteiger partial charge in [0.05, 0.1) is 0 Å². The van der Waals surface area contributed by atoms with Gasteiger partial charge in [-0.3, -0.25) is 4.79 Å². The number of hydrogen-bond acceptors (Lipinski definition) is 5. The summed E-state index contributed by atoms with van der Waals surface area (Å²) in [4.78, 5) is 25.8. The average molecular weight is 342 g/mol. The van der Waals surface area contributed by atoms with Crippen molar-refractivity contribution in [1.82, 2.24) is 10.2 Å². The fourth-order valence-electron chi connectivity index (χ4n) is 3.61. The topological polar surface area (TPSA) is 88.1 Å². The summed E-state index contributed by atoms with van der Waals surface area (Å²) in [6, 6.07) is 0. The van der Waals surface area contributed by atoms with Crippen LogP contribution in [0, 0.1) is 11.3 Å². The van der Waals surface area contributed by atoms with E-state index >= 15 is 0 Å². The highest BCUT2D eigenvalue weighted by molar-refractivity contribution is 5.80. The first-order valence-electron chi connectivity index (χ1n) is 8.64. The van der Waals surface area contributed by atoms with Gasteiger partial charge in [-0.25, -0.2) is 4.79 Å². The molecule has 0 bridgehead atoms. The highest BCUT2D eigenvalue weighted by atomic mass is 16.6. The van der Waals surface area contributed by atoms with Crippen LogP contribution in [0.15, 0.2) is 0 Å². The minimum absolute atomic E-state index is 0.0577. The lowest BCUT2D eigenvalue weighted by molar-refractivity contribution is -0.138. The van der Waals surface area contributed by atoms with Crippen LogP contribution in [0.3, 0.4) is 0 Å².